The number of carboxylic acid groups (broad SMARTS) is 1. The van der Waals surface area contributed by atoms with Crippen molar-refractivity contribution in [1.82, 2.24) is 0 Å². The van der Waals surface area contributed by atoms with Crippen LogP contribution in [0.15, 0.2) is 47.4 Å². The molecule has 0 unspecified atom stereocenters. The molecule has 2 aromatic carbocycles. The summed E-state index contributed by atoms with van der Waals surface area (Å²) in [5.41, 5.74) is 0.998. The number of rotatable bonds is 4. The van der Waals surface area contributed by atoms with Gasteiger partial charge in [-0.15, -0.1) is 0 Å². The van der Waals surface area contributed by atoms with Crippen LogP contribution in [0.2, 0.25) is 5.02 Å². The Kier molecular flexibility index (Phi) is 4.20. The lowest BCUT2D eigenvalue weighted by molar-refractivity contribution is -0.255. The van der Waals surface area contributed by atoms with Gasteiger partial charge in [0.05, 0.1) is 10.9 Å². The molecule has 0 fully saturated rings. The van der Waals surface area contributed by atoms with Gasteiger partial charge >= 0.3 is 0 Å². The number of carbonyl (C=O) groups excluding carboxylic acids is 1. The maximum absolute atomic E-state index is 12.2. The van der Waals surface area contributed by atoms with E-state index in [4.69, 9.17) is 11.6 Å². The number of halogens is 1. The summed E-state index contributed by atoms with van der Waals surface area (Å²) < 4.78 is 26.8. The first-order valence-corrected chi connectivity index (χ1v) is 7.76. The normalized spacial score (nSPS) is 11.1. The predicted octanol–water partition coefficient (Wildman–Crippen LogP) is 1.81. The first-order chi connectivity index (χ1) is 9.79. The van der Waals surface area contributed by atoms with E-state index >= 15 is 0 Å². The minimum atomic E-state index is -3.90. The zero-order chi connectivity index (χ0) is 15.6. The van der Waals surface area contributed by atoms with Gasteiger partial charge in [-0.3, -0.25) is 4.72 Å². The summed E-state index contributed by atoms with van der Waals surface area (Å²) in [6.07, 6.45) is 0. The zero-order valence-electron chi connectivity index (χ0n) is 11.0. The van der Waals surface area contributed by atoms with Gasteiger partial charge in [0.2, 0.25) is 0 Å². The molecule has 0 spiro atoms. The molecule has 0 aliphatic rings. The predicted molar refractivity (Wildman–Crippen MR) is 77.8 cm³/mol. The summed E-state index contributed by atoms with van der Waals surface area (Å²) in [6.45, 7) is 1.88. The smallest absolute Gasteiger partial charge is 0.261 e. The van der Waals surface area contributed by atoms with E-state index in [2.05, 4.69) is 4.72 Å². The first kappa shape index (κ1) is 15.3. The molecule has 5 nitrogen and oxygen atoms in total. The number of carbonyl (C=O) groups is 1. The quantitative estimate of drug-likeness (QED) is 0.929. The van der Waals surface area contributed by atoms with E-state index in [1.165, 1.54) is 12.1 Å². The van der Waals surface area contributed by atoms with Crippen LogP contribution in [-0.4, -0.2) is 14.4 Å². The Morgan fingerprint density at radius 3 is 2.33 bits per heavy atom. The van der Waals surface area contributed by atoms with Gasteiger partial charge < -0.3 is 9.90 Å². The average Bonchev–Trinajstić information content (AvgIpc) is 2.41. The molecule has 0 amide bonds. The third-order valence-electron chi connectivity index (χ3n) is 2.77. The molecule has 21 heavy (non-hydrogen) atoms. The molecule has 0 aliphatic carbocycles. The Morgan fingerprint density at radius 1 is 1.14 bits per heavy atom. The van der Waals surface area contributed by atoms with Gasteiger partial charge in [0.15, 0.2) is 0 Å². The van der Waals surface area contributed by atoms with E-state index in [9.17, 15) is 18.3 Å². The second-order valence-corrected chi connectivity index (χ2v) is 6.49. The molecule has 0 radical (unpaired) electrons. The van der Waals surface area contributed by atoms with Gasteiger partial charge in [-0.05, 0) is 37.3 Å². The van der Waals surface area contributed by atoms with Crippen LogP contribution in [0, 0.1) is 6.92 Å². The number of aryl methyl sites for hydroxylation is 1. The SMILES string of the molecule is Cc1ccc(NS(=O)(=O)c2ccc(Cl)c(C(=O)[O-])c2)cc1. The Morgan fingerprint density at radius 2 is 1.76 bits per heavy atom. The molecule has 0 heterocycles. The van der Waals surface area contributed by atoms with Gasteiger partial charge in [-0.25, -0.2) is 8.42 Å². The molecule has 2 aromatic rings. The second kappa shape index (κ2) is 5.75. The molecule has 0 atom stereocenters. The maximum atomic E-state index is 12.2. The molecular weight excluding hydrogens is 314 g/mol. The molecule has 110 valence electrons. The van der Waals surface area contributed by atoms with Crippen LogP contribution in [0.4, 0.5) is 5.69 Å². The summed E-state index contributed by atoms with van der Waals surface area (Å²) in [5, 5.41) is 10.8. The Balaban J connectivity index is 2.38. The number of anilines is 1. The van der Waals surface area contributed by atoms with E-state index in [1.807, 2.05) is 6.92 Å². The van der Waals surface area contributed by atoms with Crippen LogP contribution in [0.5, 0.6) is 0 Å². The zero-order valence-corrected chi connectivity index (χ0v) is 12.5. The third kappa shape index (κ3) is 3.53. The standard InChI is InChI=1S/C14H12ClNO4S/c1-9-2-4-10(5-3-9)16-21(19,20)11-6-7-13(15)12(8-11)14(17)18/h2-8,16H,1H3,(H,17,18)/p-1. The van der Waals surface area contributed by atoms with E-state index in [1.54, 1.807) is 24.3 Å². The second-order valence-electron chi connectivity index (χ2n) is 4.40. The molecule has 0 saturated heterocycles. The number of aromatic carboxylic acids is 1. The van der Waals surface area contributed by atoms with E-state index in [-0.39, 0.29) is 15.5 Å². The third-order valence-corrected chi connectivity index (χ3v) is 4.48. The summed E-state index contributed by atoms with van der Waals surface area (Å²) in [7, 11) is -3.90. The van der Waals surface area contributed by atoms with Crippen molar-refractivity contribution < 1.29 is 18.3 Å². The fourth-order valence-corrected chi connectivity index (χ4v) is 2.94. The molecule has 1 N–H and O–H groups in total. The van der Waals surface area contributed by atoms with Crippen molar-refractivity contribution in [3.8, 4) is 0 Å². The largest absolute Gasteiger partial charge is 0.545 e. The first-order valence-electron chi connectivity index (χ1n) is 5.90. The summed E-state index contributed by atoms with van der Waals surface area (Å²) >= 11 is 5.68. The monoisotopic (exact) mass is 324 g/mol. The Hall–Kier alpha value is -2.05. The average molecular weight is 325 g/mol. The highest BCUT2D eigenvalue weighted by molar-refractivity contribution is 7.92. The lowest BCUT2D eigenvalue weighted by atomic mass is 10.2. The van der Waals surface area contributed by atoms with Crippen molar-refractivity contribution in [1.29, 1.82) is 0 Å². The van der Waals surface area contributed by atoms with Crippen LogP contribution in [0.25, 0.3) is 0 Å². The number of hydrogen-bond donors (Lipinski definition) is 1. The van der Waals surface area contributed by atoms with Crippen LogP contribution < -0.4 is 9.83 Å². The minimum Gasteiger partial charge on any atom is -0.545 e. The lowest BCUT2D eigenvalue weighted by Crippen LogP contribution is -2.23. The summed E-state index contributed by atoms with van der Waals surface area (Å²) in [5.74, 6) is -1.53. The van der Waals surface area contributed by atoms with Gasteiger partial charge in [-0.2, -0.15) is 0 Å². The van der Waals surface area contributed by atoms with Gasteiger partial charge in [0.25, 0.3) is 10.0 Å². The van der Waals surface area contributed by atoms with E-state index in [0.29, 0.717) is 5.69 Å². The Bertz CT molecular complexity index is 785. The number of benzene rings is 2. The highest BCUT2D eigenvalue weighted by atomic mass is 35.5. The van der Waals surface area contributed by atoms with E-state index < -0.39 is 16.0 Å². The van der Waals surface area contributed by atoms with Crippen molar-refractivity contribution in [2.45, 2.75) is 11.8 Å². The maximum Gasteiger partial charge on any atom is 0.261 e. The molecule has 2 rings (SSSR count). The van der Waals surface area contributed by atoms with Crippen molar-refractivity contribution in [3.63, 3.8) is 0 Å². The van der Waals surface area contributed by atoms with Crippen LogP contribution in [-0.2, 0) is 10.0 Å². The van der Waals surface area contributed by atoms with Crippen LogP contribution >= 0.6 is 11.6 Å². The Labute approximate surface area is 127 Å². The minimum absolute atomic E-state index is 0.0794. The topological polar surface area (TPSA) is 86.3 Å². The fourth-order valence-electron chi connectivity index (χ4n) is 1.66. The number of hydrogen-bond acceptors (Lipinski definition) is 4. The van der Waals surface area contributed by atoms with Crippen molar-refractivity contribution in [3.05, 3.63) is 58.6 Å². The summed E-state index contributed by atoms with van der Waals surface area (Å²) in [4.78, 5) is 10.7. The lowest BCUT2D eigenvalue weighted by Gasteiger charge is -2.11. The molecular formula is C14H11ClNO4S-. The molecule has 0 aliphatic heterocycles. The van der Waals surface area contributed by atoms with Gasteiger partial charge in [0, 0.05) is 16.3 Å². The molecule has 0 bridgehead atoms. The van der Waals surface area contributed by atoms with Crippen LogP contribution in [0.3, 0.4) is 0 Å². The van der Waals surface area contributed by atoms with Crippen molar-refractivity contribution in [2.75, 3.05) is 4.72 Å². The van der Waals surface area contributed by atoms with Crippen LogP contribution in [0.1, 0.15) is 15.9 Å². The molecule has 0 aromatic heterocycles. The van der Waals surface area contributed by atoms with Crippen molar-refractivity contribution in [2.24, 2.45) is 0 Å². The van der Waals surface area contributed by atoms with Gasteiger partial charge in [-0.1, -0.05) is 29.3 Å². The van der Waals surface area contributed by atoms with Crippen molar-refractivity contribution >= 4 is 33.3 Å². The number of carboxylic acids is 1. The molecule has 0 saturated carbocycles. The highest BCUT2D eigenvalue weighted by Crippen LogP contribution is 2.22. The highest BCUT2D eigenvalue weighted by Gasteiger charge is 2.16. The number of nitrogens with one attached hydrogen (secondary N) is 1. The van der Waals surface area contributed by atoms with E-state index in [0.717, 1.165) is 11.6 Å². The molecule has 7 heteroatoms. The van der Waals surface area contributed by atoms with Gasteiger partial charge in [0.1, 0.15) is 0 Å². The number of sulfonamides is 1. The summed E-state index contributed by atoms with van der Waals surface area (Å²) in [6, 6.07) is 10.1. The fraction of sp³-hybridized carbons (Fsp3) is 0.0714.